The Labute approximate surface area is 162 Å². The van der Waals surface area contributed by atoms with Gasteiger partial charge >= 0.3 is 12.0 Å². The number of anilines is 1. The van der Waals surface area contributed by atoms with Gasteiger partial charge in [-0.3, -0.25) is 4.90 Å². The van der Waals surface area contributed by atoms with Crippen molar-refractivity contribution in [1.29, 1.82) is 5.26 Å². The number of hydrogen-bond donors (Lipinski definition) is 1. The summed E-state index contributed by atoms with van der Waals surface area (Å²) in [5, 5.41) is 12.0. The number of rotatable bonds is 6. The molecule has 1 aliphatic rings. The number of hydrogen-bond acceptors (Lipinski definition) is 4. The molecule has 1 saturated heterocycles. The molecular weight excluding hydrogens is 361 g/mol. The summed E-state index contributed by atoms with van der Waals surface area (Å²) >= 11 is 0. The summed E-state index contributed by atoms with van der Waals surface area (Å²) in [5.74, 6) is -1.39. The third kappa shape index (κ3) is 4.46. The van der Waals surface area contributed by atoms with Crippen LogP contribution in [0.15, 0.2) is 42.5 Å². The first-order valence-corrected chi connectivity index (χ1v) is 8.95. The van der Waals surface area contributed by atoms with E-state index in [2.05, 4.69) is 11.4 Å². The van der Waals surface area contributed by atoms with Gasteiger partial charge in [0.2, 0.25) is 0 Å². The summed E-state index contributed by atoms with van der Waals surface area (Å²) in [4.78, 5) is 25.8. The molecule has 0 unspecified atom stereocenters. The van der Waals surface area contributed by atoms with Gasteiger partial charge in [-0.25, -0.2) is 14.0 Å². The summed E-state index contributed by atoms with van der Waals surface area (Å²) in [5.41, 5.74) is 2.69. The van der Waals surface area contributed by atoms with Crippen LogP contribution in [0.25, 0.3) is 0 Å². The van der Waals surface area contributed by atoms with Crippen LogP contribution in [-0.4, -0.2) is 31.7 Å². The maximum atomic E-state index is 13.0. The maximum Gasteiger partial charge on any atom is 0.338 e. The van der Waals surface area contributed by atoms with E-state index in [0.29, 0.717) is 25.1 Å². The zero-order chi connectivity index (χ0) is 20.1. The predicted molar refractivity (Wildman–Crippen MR) is 101 cm³/mol. The van der Waals surface area contributed by atoms with Crippen LogP contribution >= 0.6 is 0 Å². The minimum absolute atomic E-state index is 0.0535. The molecule has 1 heterocycles. The molecule has 2 amide bonds. The second-order valence-corrected chi connectivity index (χ2v) is 6.64. The van der Waals surface area contributed by atoms with E-state index in [1.54, 1.807) is 35.2 Å². The lowest BCUT2D eigenvalue weighted by molar-refractivity contribution is 0.0468. The van der Waals surface area contributed by atoms with Gasteiger partial charge in [0.1, 0.15) is 12.4 Å². The van der Waals surface area contributed by atoms with Crippen molar-refractivity contribution < 1.29 is 18.7 Å². The standard InChI is InChI=1S/C21H20FN3O3/c1-14-10-17(4-7-19(14)25-9-8-24-21(25)27)20(26)28-13-16(12-23)11-15-2-5-18(22)6-3-15/h2-7,10,16H,8-9,11,13H2,1H3,(H,24,27)/t16-/m0/s1. The van der Waals surface area contributed by atoms with Crippen molar-refractivity contribution in [2.45, 2.75) is 13.3 Å². The summed E-state index contributed by atoms with van der Waals surface area (Å²) in [6.07, 6.45) is 0.367. The predicted octanol–water partition coefficient (Wildman–Crippen LogP) is 3.20. The van der Waals surface area contributed by atoms with E-state index in [1.807, 2.05) is 6.92 Å². The SMILES string of the molecule is Cc1cc(C(=O)OC[C@H](C#N)Cc2ccc(F)cc2)ccc1N1CCNC1=O. The van der Waals surface area contributed by atoms with Gasteiger partial charge in [-0.1, -0.05) is 12.1 Å². The van der Waals surface area contributed by atoms with E-state index in [-0.39, 0.29) is 18.5 Å². The Morgan fingerprint density at radius 2 is 2.07 bits per heavy atom. The quantitative estimate of drug-likeness (QED) is 0.779. The number of amides is 2. The highest BCUT2D eigenvalue weighted by Crippen LogP contribution is 2.23. The van der Waals surface area contributed by atoms with Crippen molar-refractivity contribution in [3.8, 4) is 6.07 Å². The van der Waals surface area contributed by atoms with Gasteiger partial charge in [-0.15, -0.1) is 0 Å². The molecule has 28 heavy (non-hydrogen) atoms. The van der Waals surface area contributed by atoms with Crippen LogP contribution in [0.4, 0.5) is 14.9 Å². The van der Waals surface area contributed by atoms with Crippen LogP contribution < -0.4 is 10.2 Å². The lowest BCUT2D eigenvalue weighted by Gasteiger charge is -2.17. The number of carbonyl (C=O) groups excluding carboxylic acids is 2. The Morgan fingerprint density at radius 1 is 1.32 bits per heavy atom. The monoisotopic (exact) mass is 381 g/mol. The van der Waals surface area contributed by atoms with Crippen molar-refractivity contribution >= 4 is 17.7 Å². The van der Waals surface area contributed by atoms with Crippen molar-refractivity contribution in [1.82, 2.24) is 5.32 Å². The normalized spacial score (nSPS) is 14.3. The molecule has 1 atom stereocenters. The zero-order valence-electron chi connectivity index (χ0n) is 15.4. The molecule has 0 bridgehead atoms. The van der Waals surface area contributed by atoms with Gasteiger partial charge in [0.15, 0.2) is 0 Å². The number of halogens is 1. The summed E-state index contributed by atoms with van der Waals surface area (Å²) < 4.78 is 18.3. The molecule has 2 aromatic rings. The average Bonchev–Trinajstić information content (AvgIpc) is 3.12. The fourth-order valence-corrected chi connectivity index (χ4v) is 3.09. The molecule has 1 fully saturated rings. The van der Waals surface area contributed by atoms with Crippen LogP contribution in [0.3, 0.4) is 0 Å². The number of aryl methyl sites for hydroxylation is 1. The minimum Gasteiger partial charge on any atom is -0.461 e. The first-order chi connectivity index (χ1) is 13.5. The molecule has 144 valence electrons. The Morgan fingerprint density at radius 3 is 2.68 bits per heavy atom. The lowest BCUT2D eigenvalue weighted by Crippen LogP contribution is -2.28. The number of esters is 1. The molecule has 0 aromatic heterocycles. The largest absolute Gasteiger partial charge is 0.461 e. The van der Waals surface area contributed by atoms with Gasteiger partial charge in [0.05, 0.1) is 17.6 Å². The fourth-order valence-electron chi connectivity index (χ4n) is 3.09. The van der Waals surface area contributed by atoms with Crippen LogP contribution in [0.1, 0.15) is 21.5 Å². The molecule has 6 nitrogen and oxygen atoms in total. The van der Waals surface area contributed by atoms with Crippen LogP contribution in [0.2, 0.25) is 0 Å². The molecular formula is C21H20FN3O3. The molecule has 0 spiro atoms. The average molecular weight is 381 g/mol. The highest BCUT2D eigenvalue weighted by molar-refractivity contribution is 5.96. The van der Waals surface area contributed by atoms with Crippen molar-refractivity contribution in [3.63, 3.8) is 0 Å². The van der Waals surface area contributed by atoms with Gasteiger partial charge in [0.25, 0.3) is 0 Å². The molecule has 1 N–H and O–H groups in total. The summed E-state index contributed by atoms with van der Waals surface area (Å²) in [7, 11) is 0. The lowest BCUT2D eigenvalue weighted by atomic mass is 10.0. The molecule has 7 heteroatoms. The van der Waals surface area contributed by atoms with Crippen LogP contribution in [0.5, 0.6) is 0 Å². The molecule has 2 aromatic carbocycles. The van der Waals surface area contributed by atoms with Gasteiger partial charge < -0.3 is 10.1 Å². The number of nitrogens with one attached hydrogen (secondary N) is 1. The first-order valence-electron chi connectivity index (χ1n) is 8.95. The number of nitriles is 1. The Bertz CT molecular complexity index is 921. The third-order valence-electron chi connectivity index (χ3n) is 4.57. The molecule has 0 radical (unpaired) electrons. The van der Waals surface area contributed by atoms with Gasteiger partial charge in [-0.05, 0) is 54.8 Å². The number of carbonyl (C=O) groups is 2. The fraction of sp³-hybridized carbons (Fsp3) is 0.286. The van der Waals surface area contributed by atoms with E-state index >= 15 is 0 Å². The topological polar surface area (TPSA) is 82.4 Å². The molecule has 3 rings (SSSR count). The van der Waals surface area contributed by atoms with Crippen LogP contribution in [-0.2, 0) is 11.2 Å². The molecule has 0 aliphatic carbocycles. The number of ether oxygens (including phenoxy) is 1. The van der Waals surface area contributed by atoms with E-state index in [4.69, 9.17) is 4.74 Å². The molecule has 1 aliphatic heterocycles. The Hall–Kier alpha value is -3.40. The highest BCUT2D eigenvalue weighted by Gasteiger charge is 2.23. The Kier molecular flexibility index (Phi) is 5.90. The maximum absolute atomic E-state index is 13.0. The Balaban J connectivity index is 1.60. The third-order valence-corrected chi connectivity index (χ3v) is 4.57. The smallest absolute Gasteiger partial charge is 0.338 e. The van der Waals surface area contributed by atoms with Gasteiger partial charge in [0, 0.05) is 18.8 Å². The second-order valence-electron chi connectivity index (χ2n) is 6.64. The number of benzene rings is 2. The minimum atomic E-state index is -0.528. The zero-order valence-corrected chi connectivity index (χ0v) is 15.4. The van der Waals surface area contributed by atoms with Crippen molar-refractivity contribution in [3.05, 3.63) is 65.0 Å². The van der Waals surface area contributed by atoms with E-state index in [9.17, 15) is 19.2 Å². The number of nitrogens with zero attached hydrogens (tertiary/aromatic N) is 2. The van der Waals surface area contributed by atoms with Crippen LogP contribution in [0, 0.1) is 30.0 Å². The first kappa shape index (κ1) is 19.4. The van der Waals surface area contributed by atoms with E-state index < -0.39 is 11.9 Å². The van der Waals surface area contributed by atoms with E-state index in [0.717, 1.165) is 16.8 Å². The molecule has 0 saturated carbocycles. The second kappa shape index (κ2) is 8.53. The summed E-state index contributed by atoms with van der Waals surface area (Å²) in [6.45, 7) is 2.94. The summed E-state index contributed by atoms with van der Waals surface area (Å²) in [6, 6.07) is 12.8. The van der Waals surface area contributed by atoms with Crippen molar-refractivity contribution in [2.24, 2.45) is 5.92 Å². The number of urea groups is 1. The highest BCUT2D eigenvalue weighted by atomic mass is 19.1. The van der Waals surface area contributed by atoms with E-state index in [1.165, 1.54) is 12.1 Å². The van der Waals surface area contributed by atoms with Gasteiger partial charge in [-0.2, -0.15) is 5.26 Å². The van der Waals surface area contributed by atoms with Crippen molar-refractivity contribution in [2.75, 3.05) is 24.6 Å².